The smallest absolute Gasteiger partial charge is 0.341 e. The molecule has 1 aliphatic carbocycles. The molecule has 31 heavy (non-hydrogen) atoms. The average Bonchev–Trinajstić information content (AvgIpc) is 3.26. The van der Waals surface area contributed by atoms with E-state index in [9.17, 15) is 14.0 Å². The van der Waals surface area contributed by atoms with Crippen molar-refractivity contribution in [2.75, 3.05) is 11.9 Å². The van der Waals surface area contributed by atoms with Gasteiger partial charge in [0.05, 0.1) is 18.1 Å². The van der Waals surface area contributed by atoms with Crippen LogP contribution in [0.15, 0.2) is 42.5 Å². The van der Waals surface area contributed by atoms with Crippen LogP contribution in [0.3, 0.4) is 0 Å². The Hall–Kier alpha value is -2.89. The van der Waals surface area contributed by atoms with Gasteiger partial charge in [-0.2, -0.15) is 0 Å². The van der Waals surface area contributed by atoms with E-state index in [1.54, 1.807) is 43.3 Å². The van der Waals surface area contributed by atoms with Crippen molar-refractivity contribution in [2.45, 2.75) is 64.4 Å². The van der Waals surface area contributed by atoms with Crippen molar-refractivity contribution in [1.29, 1.82) is 0 Å². The number of amides is 1. The molecule has 5 nitrogen and oxygen atoms in total. The van der Waals surface area contributed by atoms with Gasteiger partial charge in [0, 0.05) is 11.3 Å². The SMILES string of the molecule is CCOC(=O)c1cc(NC(=O)C2(c3ccccc3F)CCCC2)ccc1O[C@@H](C)CC. The van der Waals surface area contributed by atoms with Gasteiger partial charge in [-0.15, -0.1) is 0 Å². The summed E-state index contributed by atoms with van der Waals surface area (Å²) in [7, 11) is 0. The summed E-state index contributed by atoms with van der Waals surface area (Å²) in [6.07, 6.45) is 3.59. The Balaban J connectivity index is 1.92. The highest BCUT2D eigenvalue weighted by Crippen LogP contribution is 2.43. The number of ether oxygens (including phenoxy) is 2. The van der Waals surface area contributed by atoms with Crippen LogP contribution in [0.2, 0.25) is 0 Å². The van der Waals surface area contributed by atoms with Crippen molar-refractivity contribution in [2.24, 2.45) is 0 Å². The first kappa shape index (κ1) is 22.8. The lowest BCUT2D eigenvalue weighted by molar-refractivity contribution is -0.121. The predicted octanol–water partition coefficient (Wildman–Crippen LogP) is 5.63. The second-order valence-electron chi connectivity index (χ2n) is 7.99. The topological polar surface area (TPSA) is 64.6 Å². The quantitative estimate of drug-likeness (QED) is 0.555. The van der Waals surface area contributed by atoms with E-state index in [1.807, 2.05) is 13.8 Å². The van der Waals surface area contributed by atoms with Crippen LogP contribution in [0.1, 0.15) is 68.8 Å². The summed E-state index contributed by atoms with van der Waals surface area (Å²) in [5.41, 5.74) is 0.215. The summed E-state index contributed by atoms with van der Waals surface area (Å²) in [5, 5.41) is 2.91. The minimum absolute atomic E-state index is 0.0727. The molecule has 1 aliphatic rings. The molecule has 0 saturated heterocycles. The number of anilines is 1. The zero-order chi connectivity index (χ0) is 22.4. The van der Waals surface area contributed by atoms with Crippen LogP contribution in [0.25, 0.3) is 0 Å². The molecular weight excluding hydrogens is 397 g/mol. The van der Waals surface area contributed by atoms with Gasteiger partial charge in [0.25, 0.3) is 0 Å². The van der Waals surface area contributed by atoms with Crippen molar-refractivity contribution < 1.29 is 23.5 Å². The molecule has 2 aromatic rings. The van der Waals surface area contributed by atoms with Crippen LogP contribution in [0, 0.1) is 5.82 Å². The maximum Gasteiger partial charge on any atom is 0.341 e. The number of benzene rings is 2. The average molecular weight is 428 g/mol. The number of carbonyl (C=O) groups is 2. The zero-order valence-electron chi connectivity index (χ0n) is 18.4. The summed E-state index contributed by atoms with van der Waals surface area (Å²) in [6, 6.07) is 11.4. The number of hydrogen-bond acceptors (Lipinski definition) is 4. The maximum atomic E-state index is 14.6. The molecule has 3 rings (SSSR count). The Morgan fingerprint density at radius 1 is 1.13 bits per heavy atom. The third-order valence-corrected chi connectivity index (χ3v) is 5.92. The van der Waals surface area contributed by atoms with Crippen molar-refractivity contribution in [3.05, 3.63) is 59.4 Å². The number of rotatable bonds is 8. The van der Waals surface area contributed by atoms with Crippen LogP contribution >= 0.6 is 0 Å². The second kappa shape index (κ2) is 9.94. The summed E-state index contributed by atoms with van der Waals surface area (Å²) in [4.78, 5) is 25.9. The molecule has 0 unspecified atom stereocenters. The van der Waals surface area contributed by atoms with Crippen LogP contribution < -0.4 is 10.1 Å². The molecule has 0 spiro atoms. The molecule has 1 amide bonds. The van der Waals surface area contributed by atoms with Crippen LogP contribution in [-0.4, -0.2) is 24.6 Å². The van der Waals surface area contributed by atoms with Crippen LogP contribution in [-0.2, 0) is 14.9 Å². The van der Waals surface area contributed by atoms with Crippen molar-refractivity contribution in [1.82, 2.24) is 0 Å². The lowest BCUT2D eigenvalue weighted by Crippen LogP contribution is -2.38. The summed E-state index contributed by atoms with van der Waals surface area (Å²) >= 11 is 0. The molecule has 1 fully saturated rings. The molecule has 1 saturated carbocycles. The molecule has 0 heterocycles. The van der Waals surface area contributed by atoms with E-state index >= 15 is 0 Å². The van der Waals surface area contributed by atoms with E-state index in [2.05, 4.69) is 5.32 Å². The van der Waals surface area contributed by atoms with Gasteiger partial charge in [-0.25, -0.2) is 9.18 Å². The van der Waals surface area contributed by atoms with E-state index in [4.69, 9.17) is 9.47 Å². The molecule has 6 heteroatoms. The standard InChI is InChI=1S/C25H30FNO4/c1-4-17(3)31-22-13-12-18(16-19(22)23(28)30-5-2)27-24(29)25(14-8-9-15-25)20-10-6-7-11-21(20)26/h6-7,10-13,16-17H,4-5,8-9,14-15H2,1-3H3,(H,27,29)/t17-/m0/s1. The molecule has 166 valence electrons. The van der Waals surface area contributed by atoms with E-state index in [1.165, 1.54) is 6.07 Å². The van der Waals surface area contributed by atoms with E-state index in [0.717, 1.165) is 19.3 Å². The number of hydrogen-bond donors (Lipinski definition) is 1. The maximum absolute atomic E-state index is 14.6. The Bertz CT molecular complexity index is 937. The molecule has 0 bridgehead atoms. The lowest BCUT2D eigenvalue weighted by atomic mass is 9.77. The van der Waals surface area contributed by atoms with Gasteiger partial charge < -0.3 is 14.8 Å². The fourth-order valence-electron chi connectivity index (χ4n) is 4.08. The molecular formula is C25H30FNO4. The Kier molecular flexibility index (Phi) is 7.31. The fourth-order valence-corrected chi connectivity index (χ4v) is 4.08. The Morgan fingerprint density at radius 2 is 1.84 bits per heavy atom. The van der Waals surface area contributed by atoms with Crippen molar-refractivity contribution >= 4 is 17.6 Å². The zero-order valence-corrected chi connectivity index (χ0v) is 18.4. The van der Waals surface area contributed by atoms with Crippen LogP contribution in [0.5, 0.6) is 5.75 Å². The highest BCUT2D eigenvalue weighted by Gasteiger charge is 2.44. The second-order valence-corrected chi connectivity index (χ2v) is 7.99. The van der Waals surface area contributed by atoms with Gasteiger partial charge in [-0.05, 0) is 57.4 Å². The molecule has 1 N–H and O–H groups in total. The van der Waals surface area contributed by atoms with Gasteiger partial charge in [0.15, 0.2) is 0 Å². The van der Waals surface area contributed by atoms with Crippen molar-refractivity contribution in [3.63, 3.8) is 0 Å². The molecule has 0 aliphatic heterocycles. The Labute approximate surface area is 182 Å². The first-order chi connectivity index (χ1) is 14.9. The normalized spacial score (nSPS) is 15.9. The highest BCUT2D eigenvalue weighted by molar-refractivity contribution is 6.01. The predicted molar refractivity (Wildman–Crippen MR) is 118 cm³/mol. The third kappa shape index (κ3) is 4.89. The van der Waals surface area contributed by atoms with Gasteiger partial charge in [-0.1, -0.05) is 38.0 Å². The molecule has 0 aromatic heterocycles. The monoisotopic (exact) mass is 427 g/mol. The van der Waals surface area contributed by atoms with E-state index < -0.39 is 11.4 Å². The number of esters is 1. The fraction of sp³-hybridized carbons (Fsp3) is 0.440. The first-order valence-electron chi connectivity index (χ1n) is 11.0. The number of halogens is 1. The number of carbonyl (C=O) groups excluding carboxylic acids is 2. The number of nitrogens with one attached hydrogen (secondary N) is 1. The molecule has 2 aromatic carbocycles. The largest absolute Gasteiger partial charge is 0.490 e. The summed E-state index contributed by atoms with van der Waals surface area (Å²) < 4.78 is 25.6. The molecule has 0 radical (unpaired) electrons. The van der Waals surface area contributed by atoms with Crippen molar-refractivity contribution in [3.8, 4) is 5.75 Å². The van der Waals surface area contributed by atoms with E-state index in [-0.39, 0.29) is 30.0 Å². The van der Waals surface area contributed by atoms with Gasteiger partial charge in [0.2, 0.25) is 5.91 Å². The summed E-state index contributed by atoms with van der Waals surface area (Å²) in [6.45, 7) is 5.88. The minimum atomic E-state index is -0.915. The highest BCUT2D eigenvalue weighted by atomic mass is 19.1. The van der Waals surface area contributed by atoms with E-state index in [0.29, 0.717) is 29.8 Å². The third-order valence-electron chi connectivity index (χ3n) is 5.92. The minimum Gasteiger partial charge on any atom is -0.490 e. The lowest BCUT2D eigenvalue weighted by Gasteiger charge is -2.29. The van der Waals surface area contributed by atoms with Gasteiger partial charge in [-0.3, -0.25) is 4.79 Å². The summed E-state index contributed by atoms with van der Waals surface area (Å²) in [5.74, 6) is -0.735. The van der Waals surface area contributed by atoms with Crippen LogP contribution in [0.4, 0.5) is 10.1 Å². The Morgan fingerprint density at radius 3 is 2.48 bits per heavy atom. The van der Waals surface area contributed by atoms with Gasteiger partial charge >= 0.3 is 5.97 Å². The first-order valence-corrected chi connectivity index (χ1v) is 11.0. The molecule has 1 atom stereocenters. The van der Waals surface area contributed by atoms with Gasteiger partial charge in [0.1, 0.15) is 17.1 Å².